The largest absolute Gasteiger partial charge is 0.490 e. The van der Waals surface area contributed by atoms with Crippen LogP contribution in [0.4, 0.5) is 0 Å². The van der Waals surface area contributed by atoms with Gasteiger partial charge in [-0.25, -0.2) is 0 Å². The molecule has 7 heteroatoms. The van der Waals surface area contributed by atoms with E-state index in [-0.39, 0.29) is 6.61 Å². The summed E-state index contributed by atoms with van der Waals surface area (Å²) in [5.74, 6) is 1.96. The number of ether oxygens (including phenoxy) is 2. The molecule has 2 N–H and O–H groups in total. The Morgan fingerprint density at radius 1 is 1.00 bits per heavy atom. The van der Waals surface area contributed by atoms with E-state index in [0.29, 0.717) is 45.6 Å². The van der Waals surface area contributed by atoms with Crippen molar-refractivity contribution in [3.8, 4) is 11.5 Å². The Morgan fingerprint density at radius 3 is 2.38 bits per heavy atom. The van der Waals surface area contributed by atoms with Crippen molar-refractivity contribution < 1.29 is 9.47 Å². The second kappa shape index (κ2) is 11.3. The number of nitrogens with one attached hydrogen (secondary N) is 2. The van der Waals surface area contributed by atoms with Crippen LogP contribution in [0.15, 0.2) is 30.3 Å². The van der Waals surface area contributed by atoms with E-state index in [1.807, 2.05) is 19.1 Å². The molecule has 0 amide bonds. The number of benzene rings is 2. The van der Waals surface area contributed by atoms with Gasteiger partial charge in [0.1, 0.15) is 6.61 Å². The van der Waals surface area contributed by atoms with Crippen LogP contribution in [0.3, 0.4) is 0 Å². The SMILES string of the molecule is CCOc1cc(CNCC2CCNCC2)c(Cl)cc1OCc1c(Cl)cccc1Cl. The molecule has 1 aliphatic heterocycles. The van der Waals surface area contributed by atoms with Crippen LogP contribution in [0.2, 0.25) is 15.1 Å². The average molecular weight is 458 g/mol. The Bertz CT molecular complexity index is 791. The average Bonchev–Trinajstić information content (AvgIpc) is 2.71. The highest BCUT2D eigenvalue weighted by Gasteiger charge is 2.15. The Morgan fingerprint density at radius 2 is 1.69 bits per heavy atom. The van der Waals surface area contributed by atoms with E-state index >= 15 is 0 Å². The van der Waals surface area contributed by atoms with Crippen LogP contribution in [0.5, 0.6) is 11.5 Å². The molecule has 29 heavy (non-hydrogen) atoms. The zero-order valence-electron chi connectivity index (χ0n) is 16.6. The van der Waals surface area contributed by atoms with Gasteiger partial charge in [-0.3, -0.25) is 0 Å². The predicted molar refractivity (Wildman–Crippen MR) is 121 cm³/mol. The summed E-state index contributed by atoms with van der Waals surface area (Å²) in [5.41, 5.74) is 1.73. The van der Waals surface area contributed by atoms with E-state index in [1.54, 1.807) is 18.2 Å². The van der Waals surface area contributed by atoms with Gasteiger partial charge in [0, 0.05) is 33.2 Å². The molecular formula is C22H27Cl3N2O2. The first kappa shape index (κ1) is 22.5. The first-order valence-electron chi connectivity index (χ1n) is 10.0. The van der Waals surface area contributed by atoms with Crippen molar-refractivity contribution >= 4 is 34.8 Å². The van der Waals surface area contributed by atoms with Crippen LogP contribution in [0.25, 0.3) is 0 Å². The second-order valence-corrected chi connectivity index (χ2v) is 8.36. The smallest absolute Gasteiger partial charge is 0.163 e. The minimum absolute atomic E-state index is 0.238. The van der Waals surface area contributed by atoms with Crippen molar-refractivity contribution in [3.05, 3.63) is 56.5 Å². The first-order valence-corrected chi connectivity index (χ1v) is 11.1. The lowest BCUT2D eigenvalue weighted by molar-refractivity contribution is 0.269. The second-order valence-electron chi connectivity index (χ2n) is 7.14. The van der Waals surface area contributed by atoms with Crippen molar-refractivity contribution in [3.63, 3.8) is 0 Å². The van der Waals surface area contributed by atoms with Crippen LogP contribution in [-0.4, -0.2) is 26.2 Å². The lowest BCUT2D eigenvalue weighted by Gasteiger charge is -2.23. The van der Waals surface area contributed by atoms with E-state index in [2.05, 4.69) is 10.6 Å². The zero-order valence-corrected chi connectivity index (χ0v) is 18.8. The maximum absolute atomic E-state index is 6.53. The molecule has 0 aliphatic carbocycles. The van der Waals surface area contributed by atoms with E-state index < -0.39 is 0 Å². The van der Waals surface area contributed by atoms with Crippen LogP contribution >= 0.6 is 34.8 Å². The fraction of sp³-hybridized carbons (Fsp3) is 0.455. The summed E-state index contributed by atoms with van der Waals surface area (Å²) in [5, 5.41) is 8.71. The van der Waals surface area contributed by atoms with Crippen molar-refractivity contribution in [1.29, 1.82) is 0 Å². The van der Waals surface area contributed by atoms with Crippen molar-refractivity contribution in [2.75, 3.05) is 26.2 Å². The summed E-state index contributed by atoms with van der Waals surface area (Å²) in [6.45, 7) is 6.60. The molecule has 0 aromatic heterocycles. The molecule has 4 nitrogen and oxygen atoms in total. The molecule has 1 saturated heterocycles. The summed E-state index contributed by atoms with van der Waals surface area (Å²) in [7, 11) is 0. The molecule has 3 rings (SSSR count). The van der Waals surface area contributed by atoms with Crippen LogP contribution < -0.4 is 20.1 Å². The molecule has 0 unspecified atom stereocenters. The van der Waals surface area contributed by atoms with E-state index in [9.17, 15) is 0 Å². The van der Waals surface area contributed by atoms with Gasteiger partial charge in [-0.05, 0) is 69.1 Å². The quantitative estimate of drug-likeness (QED) is 0.506. The number of piperidine rings is 1. The third-order valence-corrected chi connectivity index (χ3v) is 6.11. The minimum Gasteiger partial charge on any atom is -0.490 e. The normalized spacial score (nSPS) is 14.8. The standard InChI is InChI=1S/C22H27Cl3N2O2/c1-2-28-21-10-16(13-27-12-15-6-8-26-9-7-15)20(25)11-22(21)29-14-17-18(23)4-3-5-19(17)24/h3-5,10-11,15,26-27H,2,6-9,12-14H2,1H3. The van der Waals surface area contributed by atoms with Crippen LogP contribution in [0, 0.1) is 5.92 Å². The van der Waals surface area contributed by atoms with Gasteiger partial charge in [0.2, 0.25) is 0 Å². The van der Waals surface area contributed by atoms with Crippen molar-refractivity contribution in [2.45, 2.75) is 32.9 Å². The molecule has 1 fully saturated rings. The Labute approximate surface area is 187 Å². The van der Waals surface area contributed by atoms with Gasteiger partial charge in [-0.15, -0.1) is 0 Å². The van der Waals surface area contributed by atoms with Gasteiger partial charge >= 0.3 is 0 Å². The minimum atomic E-state index is 0.238. The van der Waals surface area contributed by atoms with E-state index in [1.165, 1.54) is 12.8 Å². The molecule has 0 bridgehead atoms. The summed E-state index contributed by atoms with van der Waals surface area (Å²) in [4.78, 5) is 0. The molecule has 1 heterocycles. The Kier molecular flexibility index (Phi) is 8.76. The molecule has 0 atom stereocenters. The molecule has 0 radical (unpaired) electrons. The van der Waals surface area contributed by atoms with Gasteiger partial charge in [0.05, 0.1) is 6.61 Å². The molecule has 2 aromatic rings. The third kappa shape index (κ3) is 6.40. The summed E-state index contributed by atoms with van der Waals surface area (Å²) in [6.07, 6.45) is 2.42. The zero-order chi connectivity index (χ0) is 20.6. The van der Waals surface area contributed by atoms with Crippen LogP contribution in [-0.2, 0) is 13.2 Å². The fourth-order valence-electron chi connectivity index (χ4n) is 3.41. The van der Waals surface area contributed by atoms with Crippen LogP contribution in [0.1, 0.15) is 30.9 Å². The highest BCUT2D eigenvalue weighted by molar-refractivity contribution is 6.36. The molecule has 0 spiro atoms. The third-order valence-electron chi connectivity index (χ3n) is 5.05. The van der Waals surface area contributed by atoms with E-state index in [4.69, 9.17) is 44.3 Å². The first-order chi connectivity index (χ1) is 14.1. The summed E-state index contributed by atoms with van der Waals surface area (Å²) >= 11 is 19.0. The molecule has 0 saturated carbocycles. The van der Waals surface area contributed by atoms with Gasteiger partial charge in [-0.1, -0.05) is 40.9 Å². The van der Waals surface area contributed by atoms with Gasteiger partial charge in [0.15, 0.2) is 11.5 Å². The van der Waals surface area contributed by atoms with Gasteiger partial charge in [-0.2, -0.15) is 0 Å². The molecule has 2 aromatic carbocycles. The topological polar surface area (TPSA) is 42.5 Å². The van der Waals surface area contributed by atoms with Crippen molar-refractivity contribution in [1.82, 2.24) is 10.6 Å². The van der Waals surface area contributed by atoms with Crippen molar-refractivity contribution in [2.24, 2.45) is 5.92 Å². The summed E-state index contributed by atoms with van der Waals surface area (Å²) in [6, 6.07) is 9.14. The number of rotatable bonds is 9. The molecule has 158 valence electrons. The molecular weight excluding hydrogens is 431 g/mol. The number of hydrogen-bond donors (Lipinski definition) is 2. The maximum Gasteiger partial charge on any atom is 0.163 e. The van der Waals surface area contributed by atoms with E-state index in [0.717, 1.165) is 30.8 Å². The number of halogens is 3. The molecule has 1 aliphatic rings. The Balaban J connectivity index is 1.66. The van der Waals surface area contributed by atoms with Gasteiger partial charge < -0.3 is 20.1 Å². The lowest BCUT2D eigenvalue weighted by atomic mass is 9.98. The lowest BCUT2D eigenvalue weighted by Crippen LogP contribution is -2.33. The highest BCUT2D eigenvalue weighted by Crippen LogP contribution is 2.35. The summed E-state index contributed by atoms with van der Waals surface area (Å²) < 4.78 is 11.8. The fourth-order valence-corrected chi connectivity index (χ4v) is 4.14. The highest BCUT2D eigenvalue weighted by atomic mass is 35.5. The maximum atomic E-state index is 6.53. The Hall–Kier alpha value is -1.17. The number of hydrogen-bond acceptors (Lipinski definition) is 4. The predicted octanol–water partition coefficient (Wildman–Crippen LogP) is 5.71. The monoisotopic (exact) mass is 456 g/mol. The van der Waals surface area contributed by atoms with Gasteiger partial charge in [0.25, 0.3) is 0 Å².